The lowest BCUT2D eigenvalue weighted by atomic mass is 9.98. The molecule has 9 N–H and O–H groups in total. The number of carboxylic acids is 1. The highest BCUT2D eigenvalue weighted by Gasteiger charge is 2.56. The van der Waals surface area contributed by atoms with E-state index in [1.54, 1.807) is 0 Å². The molecule has 1 aliphatic carbocycles. The van der Waals surface area contributed by atoms with Crippen LogP contribution in [0.4, 0.5) is 5.13 Å². The number of β-lactam (4-membered cyclic amide) rings is 1. The molecule has 22 heteroatoms. The van der Waals surface area contributed by atoms with Gasteiger partial charge < -0.3 is 37.4 Å². The number of carbonyl (C=O) groups excluding carboxylic acids is 2. The Morgan fingerprint density at radius 1 is 1.33 bits per heavy atom. The molecule has 2 aromatic heterocycles. The lowest BCUT2D eigenvalue weighted by Gasteiger charge is -2.43. The first kappa shape index (κ1) is 30.1. The average molecular weight is 641 g/mol. The molecule has 2 aromatic rings. The maximum absolute atomic E-state index is 13.2. The molecule has 3 aliphatic rings. The number of aromatic nitrogens is 4. The average Bonchev–Trinajstić information content (AvgIpc) is 3.37. The van der Waals surface area contributed by atoms with Gasteiger partial charge in [-0.3, -0.25) is 14.1 Å². The highest BCUT2D eigenvalue weighted by atomic mass is 32.2. The summed E-state index contributed by atoms with van der Waals surface area (Å²) in [5.41, 5.74) is 9.76. The van der Waals surface area contributed by atoms with Crippen molar-refractivity contribution in [3.63, 3.8) is 0 Å². The van der Waals surface area contributed by atoms with Crippen LogP contribution in [0, 0.1) is 5.92 Å². The molecule has 1 unspecified atom stereocenters. The number of rotatable bonds is 13. The predicted octanol–water partition coefficient (Wildman–Crippen LogP) is -3.52. The Morgan fingerprint density at radius 2 is 2.07 bits per heavy atom. The Balaban J connectivity index is 1.28. The van der Waals surface area contributed by atoms with Gasteiger partial charge >= 0.3 is 16.3 Å². The van der Waals surface area contributed by atoms with Crippen molar-refractivity contribution in [2.75, 3.05) is 25.4 Å². The van der Waals surface area contributed by atoms with Crippen molar-refractivity contribution >= 4 is 56.2 Å². The van der Waals surface area contributed by atoms with Crippen LogP contribution in [0.15, 0.2) is 21.7 Å². The second kappa shape index (κ2) is 11.7. The van der Waals surface area contributed by atoms with E-state index in [-0.39, 0.29) is 47.0 Å². The second-order valence-electron chi connectivity index (χ2n) is 10.0. The fourth-order valence-corrected chi connectivity index (χ4v) is 5.59. The van der Waals surface area contributed by atoms with Crippen LogP contribution in [0.1, 0.15) is 24.2 Å². The highest BCUT2D eigenvalue weighted by molar-refractivity contribution is 7.84. The van der Waals surface area contributed by atoms with Crippen LogP contribution in [0.3, 0.4) is 0 Å². The molecular weight excluding hydrogens is 612 g/mol. The SMILES string of the molecule is NC(=NCc1cnn(C[C@H]2C(NC(=O)/C(=N\OC3(C(=O)O)CC3)c3csc(N)n3)C(=O)N2S(=O)(=O)O)n1)NCC1CNC1. The molecule has 0 aromatic carbocycles. The van der Waals surface area contributed by atoms with E-state index in [1.807, 2.05) is 0 Å². The first-order valence-corrected chi connectivity index (χ1v) is 15.1. The molecule has 2 aliphatic heterocycles. The third-order valence-corrected chi connectivity index (χ3v) is 8.49. The fourth-order valence-electron chi connectivity index (χ4n) is 4.17. The summed E-state index contributed by atoms with van der Waals surface area (Å²) in [6, 6.07) is -2.81. The Labute approximate surface area is 247 Å². The number of hydrogen-bond acceptors (Lipinski definition) is 14. The molecule has 4 heterocycles. The van der Waals surface area contributed by atoms with Crippen LogP contribution in [0.5, 0.6) is 0 Å². The Kier molecular flexibility index (Phi) is 8.18. The van der Waals surface area contributed by atoms with Crippen LogP contribution in [-0.2, 0) is 42.6 Å². The number of anilines is 1. The van der Waals surface area contributed by atoms with Gasteiger partial charge in [-0.2, -0.15) is 23.4 Å². The number of nitrogens with zero attached hydrogens (tertiary/aromatic N) is 7. The van der Waals surface area contributed by atoms with Crippen LogP contribution in [0.2, 0.25) is 0 Å². The fraction of sp³-hybridized carbons (Fsp3) is 0.524. The molecule has 2 atom stereocenters. The molecule has 2 saturated heterocycles. The third kappa shape index (κ3) is 6.65. The Bertz CT molecular complexity index is 1580. The van der Waals surface area contributed by atoms with E-state index in [9.17, 15) is 32.5 Å². The Hall–Kier alpha value is -4.41. The summed E-state index contributed by atoms with van der Waals surface area (Å²) < 4.78 is 33.7. The maximum Gasteiger partial charge on any atom is 0.362 e. The van der Waals surface area contributed by atoms with Crippen molar-refractivity contribution in [2.45, 2.75) is 43.6 Å². The zero-order valence-corrected chi connectivity index (χ0v) is 23.9. The molecule has 0 spiro atoms. The number of hydrogen-bond donors (Lipinski definition) is 7. The highest BCUT2D eigenvalue weighted by Crippen LogP contribution is 2.40. The molecule has 0 radical (unpaired) electrons. The normalized spacial score (nSPS) is 22.0. The summed E-state index contributed by atoms with van der Waals surface area (Å²) in [5.74, 6) is -2.76. The van der Waals surface area contributed by atoms with Crippen LogP contribution in [-0.4, -0.2) is 109 Å². The van der Waals surface area contributed by atoms with Crippen molar-refractivity contribution in [3.05, 3.63) is 23.0 Å². The quantitative estimate of drug-likeness (QED) is 0.0367. The van der Waals surface area contributed by atoms with E-state index in [4.69, 9.17) is 16.3 Å². The van der Waals surface area contributed by atoms with E-state index in [1.165, 1.54) is 11.6 Å². The van der Waals surface area contributed by atoms with E-state index in [2.05, 4.69) is 41.3 Å². The lowest BCUT2D eigenvalue weighted by Crippen LogP contribution is -2.73. The molecule has 43 heavy (non-hydrogen) atoms. The third-order valence-electron chi connectivity index (χ3n) is 6.87. The zero-order chi connectivity index (χ0) is 30.9. The summed E-state index contributed by atoms with van der Waals surface area (Å²) >= 11 is 0.969. The van der Waals surface area contributed by atoms with E-state index < -0.39 is 51.5 Å². The molecule has 2 amide bonds. The number of thiazole rings is 1. The predicted molar refractivity (Wildman–Crippen MR) is 148 cm³/mol. The zero-order valence-electron chi connectivity index (χ0n) is 22.3. The van der Waals surface area contributed by atoms with Gasteiger partial charge in [-0.25, -0.2) is 19.1 Å². The van der Waals surface area contributed by atoms with Gasteiger partial charge in [-0.1, -0.05) is 5.16 Å². The van der Waals surface area contributed by atoms with Gasteiger partial charge in [0.2, 0.25) is 5.60 Å². The van der Waals surface area contributed by atoms with Gasteiger partial charge in [0, 0.05) is 43.8 Å². The summed E-state index contributed by atoms with van der Waals surface area (Å²) in [6.07, 6.45) is 1.69. The lowest BCUT2D eigenvalue weighted by molar-refractivity contribution is -0.153. The van der Waals surface area contributed by atoms with Crippen molar-refractivity contribution < 1.29 is 37.3 Å². The van der Waals surface area contributed by atoms with Gasteiger partial charge in [-0.15, -0.1) is 11.3 Å². The van der Waals surface area contributed by atoms with E-state index in [0.717, 1.165) is 29.2 Å². The number of nitrogens with one attached hydrogen (secondary N) is 3. The first-order chi connectivity index (χ1) is 20.4. The second-order valence-corrected chi connectivity index (χ2v) is 12.2. The van der Waals surface area contributed by atoms with Crippen molar-refractivity contribution in [1.82, 2.24) is 40.2 Å². The minimum Gasteiger partial charge on any atom is -0.478 e. The number of nitrogens with two attached hydrogens (primary N) is 2. The van der Waals surface area contributed by atoms with Gasteiger partial charge in [0.25, 0.3) is 11.8 Å². The summed E-state index contributed by atoms with van der Waals surface area (Å²) in [5, 5.41) is 31.3. The van der Waals surface area contributed by atoms with Crippen LogP contribution >= 0.6 is 11.3 Å². The summed E-state index contributed by atoms with van der Waals surface area (Å²) in [7, 11) is -5.01. The van der Waals surface area contributed by atoms with Crippen LogP contribution < -0.4 is 27.4 Å². The number of guanidine groups is 1. The van der Waals surface area contributed by atoms with Gasteiger partial charge in [0.05, 0.1) is 19.3 Å². The molecular formula is C21H28N12O8S2. The van der Waals surface area contributed by atoms with Crippen molar-refractivity contribution in [2.24, 2.45) is 21.8 Å². The monoisotopic (exact) mass is 640 g/mol. The molecule has 0 bridgehead atoms. The number of amides is 2. The minimum atomic E-state index is -5.01. The van der Waals surface area contributed by atoms with E-state index >= 15 is 0 Å². The Morgan fingerprint density at radius 3 is 2.65 bits per heavy atom. The number of aliphatic imine (C=N–C) groups is 1. The molecule has 1 saturated carbocycles. The van der Waals surface area contributed by atoms with Crippen molar-refractivity contribution in [1.29, 1.82) is 0 Å². The molecule has 3 fully saturated rings. The maximum atomic E-state index is 13.2. The molecule has 20 nitrogen and oxygen atoms in total. The van der Waals surface area contributed by atoms with Crippen molar-refractivity contribution in [3.8, 4) is 0 Å². The number of oxime groups is 1. The number of carbonyl (C=O) groups is 3. The smallest absolute Gasteiger partial charge is 0.362 e. The van der Waals surface area contributed by atoms with Crippen LogP contribution in [0.25, 0.3) is 0 Å². The summed E-state index contributed by atoms with van der Waals surface area (Å²) in [6.45, 7) is 2.16. The number of carboxylic acid groups (broad SMARTS) is 1. The number of nitrogen functional groups attached to an aromatic ring is 1. The standard InChI is InChI=1S/C21H28N12O8S2/c22-19(25-5-10-3-24-4-10)26-6-11-7-27-32(30-11)8-13-15(17(35)33(13)43(38,39)40)29-16(34)14(12-9-42-20(23)28-12)31-41-21(1-2-21)18(36)37/h7,9-10,13,15,24H,1-6,8H2,(H2,23,28)(H,29,34)(H,36,37)(H3,22,25,26)(H,38,39,40)/b31-14-/t13-,15?/m0/s1. The van der Waals surface area contributed by atoms with Gasteiger partial charge in [0.1, 0.15) is 23.5 Å². The van der Waals surface area contributed by atoms with Gasteiger partial charge in [0.15, 0.2) is 16.8 Å². The first-order valence-electron chi connectivity index (χ1n) is 12.8. The van der Waals surface area contributed by atoms with E-state index in [0.29, 0.717) is 18.2 Å². The summed E-state index contributed by atoms with van der Waals surface area (Å²) in [4.78, 5) is 51.8. The topological polar surface area (TPSA) is 295 Å². The molecule has 232 valence electrons. The van der Waals surface area contributed by atoms with Gasteiger partial charge in [-0.05, 0) is 0 Å². The minimum absolute atomic E-state index is 0.0575. The largest absolute Gasteiger partial charge is 0.478 e. The molecule has 5 rings (SSSR count). The number of aliphatic carboxylic acids is 1.